The van der Waals surface area contributed by atoms with E-state index in [0.29, 0.717) is 12.1 Å². The standard InChI is InChI=1S/C25H24N2O2S2/c1-18-8-2-3-13-22(18)27-23(17-31-25(27)29)19-9-6-10-20(16-19)24(28)26-14-5-4-11-21-12-7-15-30-21/h2-3,6-10,12-13,15-17H,4-5,11,14H2,1H3,(H,26,28). The number of carbonyl (C=O) groups is 1. The van der Waals surface area contributed by atoms with Gasteiger partial charge in [0.15, 0.2) is 0 Å². The maximum absolute atomic E-state index is 12.7. The van der Waals surface area contributed by atoms with E-state index in [9.17, 15) is 9.59 Å². The third-order valence-corrected chi connectivity index (χ3v) is 6.85. The van der Waals surface area contributed by atoms with Gasteiger partial charge in [-0.3, -0.25) is 14.2 Å². The summed E-state index contributed by atoms with van der Waals surface area (Å²) >= 11 is 2.94. The Morgan fingerprint density at radius 1 is 1.00 bits per heavy atom. The quantitative estimate of drug-likeness (QED) is 0.352. The van der Waals surface area contributed by atoms with Crippen molar-refractivity contribution in [2.45, 2.75) is 26.2 Å². The van der Waals surface area contributed by atoms with Gasteiger partial charge in [-0.2, -0.15) is 0 Å². The predicted molar refractivity (Wildman–Crippen MR) is 130 cm³/mol. The molecule has 0 saturated carbocycles. The first kappa shape index (κ1) is 21.3. The number of thiophene rings is 1. The van der Waals surface area contributed by atoms with Crippen LogP contribution in [0, 0.1) is 6.92 Å². The lowest BCUT2D eigenvalue weighted by atomic mass is 10.1. The minimum absolute atomic E-state index is 0.0371. The summed E-state index contributed by atoms with van der Waals surface area (Å²) in [5.41, 5.74) is 4.15. The number of unbranched alkanes of at least 4 members (excludes halogenated alkanes) is 1. The van der Waals surface area contributed by atoms with E-state index >= 15 is 0 Å². The summed E-state index contributed by atoms with van der Waals surface area (Å²) in [6.07, 6.45) is 3.05. The summed E-state index contributed by atoms with van der Waals surface area (Å²) in [6.45, 7) is 2.65. The van der Waals surface area contributed by atoms with Crippen LogP contribution in [0.3, 0.4) is 0 Å². The zero-order valence-corrected chi connectivity index (χ0v) is 19.0. The molecule has 0 unspecified atom stereocenters. The summed E-state index contributed by atoms with van der Waals surface area (Å²) in [6, 6.07) is 19.5. The molecule has 158 valence electrons. The Labute approximate surface area is 189 Å². The molecule has 0 aliphatic rings. The van der Waals surface area contributed by atoms with Crippen LogP contribution in [-0.2, 0) is 6.42 Å². The average molecular weight is 449 g/mol. The van der Waals surface area contributed by atoms with Crippen LogP contribution in [0.4, 0.5) is 0 Å². The maximum Gasteiger partial charge on any atom is 0.312 e. The van der Waals surface area contributed by atoms with Crippen molar-refractivity contribution in [2.24, 2.45) is 0 Å². The van der Waals surface area contributed by atoms with Crippen molar-refractivity contribution in [3.8, 4) is 16.9 Å². The van der Waals surface area contributed by atoms with E-state index in [1.54, 1.807) is 15.9 Å². The lowest BCUT2D eigenvalue weighted by molar-refractivity contribution is 0.0953. The van der Waals surface area contributed by atoms with Crippen molar-refractivity contribution in [2.75, 3.05) is 6.54 Å². The number of benzene rings is 2. The summed E-state index contributed by atoms with van der Waals surface area (Å²) in [5, 5.41) is 6.97. The highest BCUT2D eigenvalue weighted by Gasteiger charge is 2.14. The summed E-state index contributed by atoms with van der Waals surface area (Å²) in [5.74, 6) is -0.0852. The monoisotopic (exact) mass is 448 g/mol. The molecule has 0 aliphatic carbocycles. The van der Waals surface area contributed by atoms with Gasteiger partial charge in [0.05, 0.1) is 11.4 Å². The molecule has 1 N–H and O–H groups in total. The smallest absolute Gasteiger partial charge is 0.312 e. The number of hydrogen-bond acceptors (Lipinski definition) is 4. The van der Waals surface area contributed by atoms with Crippen LogP contribution in [-0.4, -0.2) is 17.0 Å². The summed E-state index contributed by atoms with van der Waals surface area (Å²) in [7, 11) is 0. The number of aryl methyl sites for hydroxylation is 2. The van der Waals surface area contributed by atoms with E-state index in [4.69, 9.17) is 0 Å². The first-order valence-corrected chi connectivity index (χ1v) is 12.1. The minimum Gasteiger partial charge on any atom is -0.352 e. The number of para-hydroxylation sites is 1. The van der Waals surface area contributed by atoms with E-state index in [0.717, 1.165) is 41.8 Å². The van der Waals surface area contributed by atoms with Crippen LogP contribution >= 0.6 is 22.7 Å². The molecule has 4 nitrogen and oxygen atoms in total. The highest BCUT2D eigenvalue weighted by atomic mass is 32.1. The van der Waals surface area contributed by atoms with E-state index < -0.39 is 0 Å². The third kappa shape index (κ3) is 5.03. The van der Waals surface area contributed by atoms with Gasteiger partial charge in [0.25, 0.3) is 5.91 Å². The molecule has 4 aromatic rings. The molecule has 6 heteroatoms. The number of rotatable bonds is 8. The van der Waals surface area contributed by atoms with E-state index in [1.165, 1.54) is 16.2 Å². The molecule has 0 bridgehead atoms. The number of nitrogens with one attached hydrogen (secondary N) is 1. The Kier molecular flexibility index (Phi) is 6.79. The molecule has 2 aromatic heterocycles. The fourth-order valence-electron chi connectivity index (χ4n) is 3.55. The Morgan fingerprint density at radius 3 is 2.68 bits per heavy atom. The van der Waals surface area contributed by atoms with Crippen molar-refractivity contribution in [1.29, 1.82) is 0 Å². The van der Waals surface area contributed by atoms with Gasteiger partial charge in [-0.25, -0.2) is 0 Å². The zero-order valence-electron chi connectivity index (χ0n) is 17.3. The highest BCUT2D eigenvalue weighted by Crippen LogP contribution is 2.25. The molecule has 4 rings (SSSR count). The second-order valence-electron chi connectivity index (χ2n) is 7.38. The van der Waals surface area contributed by atoms with Gasteiger partial charge in [0.1, 0.15) is 0 Å². The molecule has 0 radical (unpaired) electrons. The Bertz CT molecular complexity index is 1220. The highest BCUT2D eigenvalue weighted by molar-refractivity contribution is 7.09. The first-order chi connectivity index (χ1) is 15.1. The molecule has 0 saturated heterocycles. The fourth-order valence-corrected chi connectivity index (χ4v) is 5.06. The fraction of sp³-hybridized carbons (Fsp3) is 0.200. The number of carbonyl (C=O) groups excluding carboxylic acids is 1. The van der Waals surface area contributed by atoms with Gasteiger partial charge >= 0.3 is 4.87 Å². The molecular formula is C25H24N2O2S2. The number of nitrogens with zero attached hydrogens (tertiary/aromatic N) is 1. The van der Waals surface area contributed by atoms with Gasteiger partial charge in [-0.05, 0) is 61.4 Å². The van der Waals surface area contributed by atoms with Crippen LogP contribution in [0.2, 0.25) is 0 Å². The van der Waals surface area contributed by atoms with Crippen molar-refractivity contribution in [3.63, 3.8) is 0 Å². The van der Waals surface area contributed by atoms with Gasteiger partial charge < -0.3 is 5.32 Å². The second-order valence-corrected chi connectivity index (χ2v) is 9.23. The molecule has 1 amide bonds. The lowest BCUT2D eigenvalue weighted by Crippen LogP contribution is -2.24. The number of thiazole rings is 1. The maximum atomic E-state index is 12.7. The molecule has 2 heterocycles. The van der Waals surface area contributed by atoms with Crippen LogP contribution in [0.1, 0.15) is 33.6 Å². The minimum atomic E-state index is -0.0852. The van der Waals surface area contributed by atoms with E-state index in [1.807, 2.05) is 60.8 Å². The molecule has 0 fully saturated rings. The van der Waals surface area contributed by atoms with Gasteiger partial charge in [0, 0.05) is 27.9 Å². The normalized spacial score (nSPS) is 10.9. The Balaban J connectivity index is 1.46. The van der Waals surface area contributed by atoms with E-state index in [-0.39, 0.29) is 10.8 Å². The third-order valence-electron chi connectivity index (χ3n) is 5.19. The van der Waals surface area contributed by atoms with Crippen molar-refractivity contribution in [1.82, 2.24) is 9.88 Å². The topological polar surface area (TPSA) is 51.1 Å². The van der Waals surface area contributed by atoms with E-state index in [2.05, 4.69) is 22.8 Å². The zero-order chi connectivity index (χ0) is 21.6. The molecule has 2 aromatic carbocycles. The van der Waals surface area contributed by atoms with Crippen molar-refractivity contribution < 1.29 is 4.79 Å². The lowest BCUT2D eigenvalue weighted by Gasteiger charge is -2.11. The van der Waals surface area contributed by atoms with Gasteiger partial charge in [-0.1, -0.05) is 47.7 Å². The Hall–Kier alpha value is -2.96. The van der Waals surface area contributed by atoms with Crippen LogP contribution in [0.15, 0.2) is 76.2 Å². The molecule has 31 heavy (non-hydrogen) atoms. The summed E-state index contributed by atoms with van der Waals surface area (Å²) < 4.78 is 1.72. The molecule has 0 spiro atoms. The number of amides is 1. The SMILES string of the molecule is Cc1ccccc1-n1c(-c2cccc(C(=O)NCCCCc3cccs3)c2)csc1=O. The molecular weight excluding hydrogens is 424 g/mol. The van der Waals surface area contributed by atoms with Crippen LogP contribution in [0.25, 0.3) is 16.9 Å². The van der Waals surface area contributed by atoms with Gasteiger partial charge in [0.2, 0.25) is 0 Å². The largest absolute Gasteiger partial charge is 0.352 e. The molecule has 0 aliphatic heterocycles. The molecule has 0 atom stereocenters. The van der Waals surface area contributed by atoms with Crippen molar-refractivity contribution in [3.05, 3.63) is 97.1 Å². The number of aromatic nitrogens is 1. The predicted octanol–water partition coefficient (Wildman–Crippen LogP) is 5.69. The van der Waals surface area contributed by atoms with Crippen LogP contribution in [0.5, 0.6) is 0 Å². The average Bonchev–Trinajstić information content (AvgIpc) is 3.44. The Morgan fingerprint density at radius 2 is 1.87 bits per heavy atom. The van der Waals surface area contributed by atoms with Crippen LogP contribution < -0.4 is 10.2 Å². The summed E-state index contributed by atoms with van der Waals surface area (Å²) in [4.78, 5) is 26.6. The van der Waals surface area contributed by atoms with Crippen molar-refractivity contribution >= 4 is 28.6 Å². The second kappa shape index (κ2) is 9.90. The first-order valence-electron chi connectivity index (χ1n) is 10.3. The van der Waals surface area contributed by atoms with Gasteiger partial charge in [-0.15, -0.1) is 11.3 Å². The number of hydrogen-bond donors (Lipinski definition) is 1.